The summed E-state index contributed by atoms with van der Waals surface area (Å²) in [5.74, 6) is -0.00755. The Morgan fingerprint density at radius 3 is 2.71 bits per heavy atom. The molecule has 0 radical (unpaired) electrons. The lowest BCUT2D eigenvalue weighted by molar-refractivity contribution is 0.609. The van der Waals surface area contributed by atoms with E-state index < -0.39 is 9.05 Å². The van der Waals surface area contributed by atoms with Gasteiger partial charge in [-0.05, 0) is 30.4 Å². The van der Waals surface area contributed by atoms with Crippen LogP contribution in [0.5, 0.6) is 0 Å². The Hall–Kier alpha value is -0.190. The third kappa shape index (κ3) is 4.35. The third-order valence-corrected chi connectivity index (χ3v) is 3.65. The van der Waals surface area contributed by atoms with Crippen LogP contribution in [0.1, 0.15) is 5.56 Å². The van der Waals surface area contributed by atoms with E-state index in [0.717, 1.165) is 10.5 Å². The van der Waals surface area contributed by atoms with Crippen LogP contribution in [0.4, 0.5) is 0 Å². The molecule has 0 amide bonds. The van der Waals surface area contributed by atoms with Gasteiger partial charge in [0.2, 0.25) is 9.05 Å². The molecule has 0 saturated carbocycles. The van der Waals surface area contributed by atoms with E-state index in [1.54, 1.807) is 11.8 Å². The Bertz CT molecular complexity index is 401. The second-order valence-corrected chi connectivity index (χ2v) is 6.62. The van der Waals surface area contributed by atoms with Gasteiger partial charge in [-0.1, -0.05) is 12.1 Å². The van der Waals surface area contributed by atoms with Gasteiger partial charge in [0, 0.05) is 15.6 Å². The molecule has 0 heterocycles. The van der Waals surface area contributed by atoms with Gasteiger partial charge < -0.3 is 0 Å². The predicted molar refractivity (Wildman–Crippen MR) is 61.6 cm³/mol. The van der Waals surface area contributed by atoms with E-state index in [0.29, 0.717) is 6.42 Å². The molecule has 0 unspecified atom stereocenters. The van der Waals surface area contributed by atoms with Crippen LogP contribution in [0.15, 0.2) is 29.2 Å². The summed E-state index contributed by atoms with van der Waals surface area (Å²) in [5, 5.41) is 0. The number of rotatable bonds is 4. The number of halogens is 1. The maximum Gasteiger partial charge on any atom is 0.232 e. The Kier molecular flexibility index (Phi) is 4.29. The fourth-order valence-electron chi connectivity index (χ4n) is 1.07. The van der Waals surface area contributed by atoms with Crippen molar-refractivity contribution < 1.29 is 8.42 Å². The summed E-state index contributed by atoms with van der Waals surface area (Å²) in [6, 6.07) is 7.79. The Morgan fingerprint density at radius 1 is 1.43 bits per heavy atom. The molecule has 2 nitrogen and oxygen atoms in total. The van der Waals surface area contributed by atoms with Crippen molar-refractivity contribution in [1.29, 1.82) is 0 Å². The van der Waals surface area contributed by atoms with Crippen LogP contribution in [-0.4, -0.2) is 20.4 Å². The molecule has 1 aromatic carbocycles. The molecule has 78 valence electrons. The number of hydrogen-bond acceptors (Lipinski definition) is 3. The molecule has 14 heavy (non-hydrogen) atoms. The number of thioether (sulfide) groups is 1. The minimum atomic E-state index is -3.38. The van der Waals surface area contributed by atoms with E-state index in [1.165, 1.54) is 0 Å². The molecule has 0 saturated heterocycles. The van der Waals surface area contributed by atoms with Gasteiger partial charge in [0.15, 0.2) is 0 Å². The normalized spacial score (nSPS) is 11.6. The highest BCUT2D eigenvalue weighted by Gasteiger charge is 2.05. The van der Waals surface area contributed by atoms with Crippen LogP contribution < -0.4 is 0 Å². The van der Waals surface area contributed by atoms with Crippen molar-refractivity contribution in [3.05, 3.63) is 29.8 Å². The maximum atomic E-state index is 10.7. The zero-order chi connectivity index (χ0) is 10.6. The van der Waals surface area contributed by atoms with Crippen LogP contribution in [0.3, 0.4) is 0 Å². The molecule has 0 N–H and O–H groups in total. The molecule has 0 bridgehead atoms. The molecule has 0 aliphatic heterocycles. The topological polar surface area (TPSA) is 34.1 Å². The molecule has 0 aromatic heterocycles. The van der Waals surface area contributed by atoms with Crippen LogP contribution in [0, 0.1) is 0 Å². The van der Waals surface area contributed by atoms with E-state index in [1.807, 2.05) is 30.5 Å². The van der Waals surface area contributed by atoms with Gasteiger partial charge in [-0.25, -0.2) is 8.42 Å². The summed E-state index contributed by atoms with van der Waals surface area (Å²) in [5.41, 5.74) is 1.00. The van der Waals surface area contributed by atoms with Crippen molar-refractivity contribution in [2.45, 2.75) is 11.3 Å². The van der Waals surface area contributed by atoms with E-state index in [4.69, 9.17) is 10.7 Å². The molecule has 1 aromatic rings. The molecule has 0 spiro atoms. The molecular formula is C9H11ClO2S2. The summed E-state index contributed by atoms with van der Waals surface area (Å²) in [6.45, 7) is 0. The van der Waals surface area contributed by atoms with Gasteiger partial charge in [0.05, 0.1) is 5.75 Å². The van der Waals surface area contributed by atoms with Gasteiger partial charge in [-0.2, -0.15) is 0 Å². The molecule has 5 heteroatoms. The maximum absolute atomic E-state index is 10.7. The monoisotopic (exact) mass is 250 g/mol. The molecular weight excluding hydrogens is 240 g/mol. The average molecular weight is 251 g/mol. The Morgan fingerprint density at radius 2 is 2.14 bits per heavy atom. The summed E-state index contributed by atoms with van der Waals surface area (Å²) in [4.78, 5) is 1.13. The zero-order valence-corrected chi connectivity index (χ0v) is 10.1. The fourth-order valence-corrected chi connectivity index (χ4v) is 2.26. The van der Waals surface area contributed by atoms with Gasteiger partial charge in [-0.3, -0.25) is 0 Å². The average Bonchev–Trinajstić information content (AvgIpc) is 2.14. The van der Waals surface area contributed by atoms with Crippen molar-refractivity contribution in [2.24, 2.45) is 0 Å². The number of hydrogen-bond donors (Lipinski definition) is 0. The van der Waals surface area contributed by atoms with Crippen molar-refractivity contribution >= 4 is 31.5 Å². The van der Waals surface area contributed by atoms with Crippen molar-refractivity contribution in [1.82, 2.24) is 0 Å². The minimum absolute atomic E-state index is 0.00755. The first kappa shape index (κ1) is 11.9. The van der Waals surface area contributed by atoms with Crippen molar-refractivity contribution in [3.63, 3.8) is 0 Å². The summed E-state index contributed by atoms with van der Waals surface area (Å²) < 4.78 is 21.4. The number of benzene rings is 1. The van der Waals surface area contributed by atoms with Crippen LogP contribution in [-0.2, 0) is 15.5 Å². The lowest BCUT2D eigenvalue weighted by Crippen LogP contribution is -2.00. The largest absolute Gasteiger partial charge is 0.232 e. The lowest BCUT2D eigenvalue weighted by atomic mass is 10.2. The van der Waals surface area contributed by atoms with E-state index in [2.05, 4.69) is 0 Å². The molecule has 0 aliphatic rings. The molecule has 0 atom stereocenters. The quantitative estimate of drug-likeness (QED) is 0.608. The Labute approximate surface area is 93.1 Å². The van der Waals surface area contributed by atoms with Gasteiger partial charge in [0.1, 0.15) is 0 Å². The fraction of sp³-hybridized carbons (Fsp3) is 0.333. The first-order valence-electron chi connectivity index (χ1n) is 4.06. The van der Waals surface area contributed by atoms with E-state index in [-0.39, 0.29) is 5.75 Å². The first-order chi connectivity index (χ1) is 6.51. The van der Waals surface area contributed by atoms with Gasteiger partial charge in [-0.15, -0.1) is 11.8 Å². The highest BCUT2D eigenvalue weighted by molar-refractivity contribution is 8.13. The summed E-state index contributed by atoms with van der Waals surface area (Å²) >= 11 is 1.63. The predicted octanol–water partition coefficient (Wildman–Crippen LogP) is 2.52. The standard InChI is InChI=1S/C9H11ClO2S2/c1-13-9-4-2-3-8(7-9)5-6-14(10,11)12/h2-4,7H,5-6H2,1H3. The lowest BCUT2D eigenvalue weighted by Gasteiger charge is -2.01. The van der Waals surface area contributed by atoms with Crippen LogP contribution in [0.25, 0.3) is 0 Å². The molecule has 0 fully saturated rings. The third-order valence-electron chi connectivity index (χ3n) is 1.77. The minimum Gasteiger partial charge on any atom is -0.212 e. The smallest absolute Gasteiger partial charge is 0.212 e. The van der Waals surface area contributed by atoms with E-state index >= 15 is 0 Å². The second-order valence-electron chi connectivity index (χ2n) is 2.84. The van der Waals surface area contributed by atoms with E-state index in [9.17, 15) is 8.42 Å². The molecule has 1 rings (SSSR count). The van der Waals surface area contributed by atoms with Gasteiger partial charge >= 0.3 is 0 Å². The Balaban J connectivity index is 2.68. The highest BCUT2D eigenvalue weighted by atomic mass is 35.7. The first-order valence-corrected chi connectivity index (χ1v) is 7.77. The van der Waals surface area contributed by atoms with Crippen molar-refractivity contribution in [2.75, 3.05) is 12.0 Å². The SMILES string of the molecule is CSc1cccc(CCS(=O)(=O)Cl)c1. The van der Waals surface area contributed by atoms with Crippen LogP contribution >= 0.6 is 22.4 Å². The highest BCUT2D eigenvalue weighted by Crippen LogP contribution is 2.16. The number of aryl methyl sites for hydroxylation is 1. The summed E-state index contributed by atoms with van der Waals surface area (Å²) in [6.07, 6.45) is 2.46. The van der Waals surface area contributed by atoms with Crippen LogP contribution in [0.2, 0.25) is 0 Å². The van der Waals surface area contributed by atoms with Crippen molar-refractivity contribution in [3.8, 4) is 0 Å². The van der Waals surface area contributed by atoms with Gasteiger partial charge in [0.25, 0.3) is 0 Å². The molecule has 0 aliphatic carbocycles. The summed E-state index contributed by atoms with van der Waals surface area (Å²) in [7, 11) is 1.75. The second kappa shape index (κ2) is 5.05. The zero-order valence-electron chi connectivity index (χ0n) is 7.73.